The second-order valence-corrected chi connectivity index (χ2v) is 3.41. The highest BCUT2D eigenvalue weighted by Crippen LogP contribution is 2.09. The number of hydrogen-bond donors (Lipinski definition) is 1. The smallest absolute Gasteiger partial charge is 0.129 e. The molecule has 0 saturated carbocycles. The lowest BCUT2D eigenvalue weighted by molar-refractivity contribution is 0.668. The Morgan fingerprint density at radius 1 is 1.21 bits per heavy atom. The van der Waals surface area contributed by atoms with Gasteiger partial charge in [0.2, 0.25) is 0 Å². The van der Waals surface area contributed by atoms with E-state index in [4.69, 9.17) is 0 Å². The van der Waals surface area contributed by atoms with Gasteiger partial charge in [0.25, 0.3) is 0 Å². The number of aryl methyl sites for hydroxylation is 1. The molecule has 0 aliphatic carbocycles. The summed E-state index contributed by atoms with van der Waals surface area (Å²) < 4.78 is 0. The molecule has 78 valence electrons. The highest BCUT2D eigenvalue weighted by atomic mass is 15.0. The van der Waals surface area contributed by atoms with Crippen LogP contribution in [0.1, 0.15) is 39.3 Å². The first-order valence-corrected chi connectivity index (χ1v) is 5.37. The molecule has 0 aliphatic heterocycles. The van der Waals surface area contributed by atoms with Gasteiger partial charge in [0.05, 0.1) is 0 Å². The summed E-state index contributed by atoms with van der Waals surface area (Å²) >= 11 is 0. The Morgan fingerprint density at radius 3 is 2.50 bits per heavy atom. The molecular weight excluding hydrogens is 174 g/mol. The van der Waals surface area contributed by atoms with Crippen molar-refractivity contribution < 1.29 is 0 Å². The lowest BCUT2D eigenvalue weighted by Gasteiger charge is -2.15. The number of nitrogens with zero attached hydrogens (tertiary/aromatic N) is 2. The molecule has 0 bridgehead atoms. The SMILES string of the molecule is CCc1cc(NC(CC)CC)ncn1. The number of hydrogen-bond acceptors (Lipinski definition) is 3. The molecule has 0 amide bonds. The maximum atomic E-state index is 4.20. The molecule has 3 heteroatoms. The quantitative estimate of drug-likeness (QED) is 0.781. The van der Waals surface area contributed by atoms with Crippen LogP contribution in [-0.2, 0) is 6.42 Å². The Kier molecular flexibility index (Phi) is 4.36. The van der Waals surface area contributed by atoms with Gasteiger partial charge >= 0.3 is 0 Å². The van der Waals surface area contributed by atoms with E-state index in [1.54, 1.807) is 6.33 Å². The summed E-state index contributed by atoms with van der Waals surface area (Å²) in [5, 5.41) is 3.40. The standard InChI is InChI=1S/C11H19N3/c1-4-9(5-2)14-11-7-10(6-3)12-8-13-11/h7-9H,4-6H2,1-3H3,(H,12,13,14). The fraction of sp³-hybridized carbons (Fsp3) is 0.636. The van der Waals surface area contributed by atoms with Gasteiger partial charge in [-0.25, -0.2) is 9.97 Å². The van der Waals surface area contributed by atoms with Crippen LogP contribution in [-0.4, -0.2) is 16.0 Å². The van der Waals surface area contributed by atoms with Gasteiger partial charge in [-0.05, 0) is 19.3 Å². The third kappa shape index (κ3) is 2.98. The van der Waals surface area contributed by atoms with E-state index >= 15 is 0 Å². The van der Waals surface area contributed by atoms with E-state index in [2.05, 4.69) is 36.1 Å². The lowest BCUT2D eigenvalue weighted by atomic mass is 10.2. The molecule has 0 fully saturated rings. The molecule has 0 aromatic carbocycles. The van der Waals surface area contributed by atoms with Crippen molar-refractivity contribution in [1.29, 1.82) is 0 Å². The molecule has 0 saturated heterocycles. The van der Waals surface area contributed by atoms with E-state index in [9.17, 15) is 0 Å². The summed E-state index contributed by atoms with van der Waals surface area (Å²) in [5.74, 6) is 0.950. The van der Waals surface area contributed by atoms with Crippen molar-refractivity contribution in [2.75, 3.05) is 5.32 Å². The van der Waals surface area contributed by atoms with Crippen LogP contribution in [0.3, 0.4) is 0 Å². The van der Waals surface area contributed by atoms with Crippen molar-refractivity contribution in [3.8, 4) is 0 Å². The predicted octanol–water partition coefficient (Wildman–Crippen LogP) is 2.64. The van der Waals surface area contributed by atoms with Gasteiger partial charge in [0.15, 0.2) is 0 Å². The second-order valence-electron chi connectivity index (χ2n) is 3.41. The van der Waals surface area contributed by atoms with Gasteiger partial charge in [-0.3, -0.25) is 0 Å². The first-order chi connectivity index (χ1) is 6.80. The van der Waals surface area contributed by atoms with Gasteiger partial charge in [-0.15, -0.1) is 0 Å². The minimum absolute atomic E-state index is 0.523. The minimum atomic E-state index is 0.523. The fourth-order valence-electron chi connectivity index (χ4n) is 1.37. The normalized spacial score (nSPS) is 10.6. The van der Waals surface area contributed by atoms with Crippen LogP contribution < -0.4 is 5.32 Å². The van der Waals surface area contributed by atoms with Crippen molar-refractivity contribution in [3.63, 3.8) is 0 Å². The predicted molar refractivity (Wildman–Crippen MR) is 59.4 cm³/mol. The lowest BCUT2D eigenvalue weighted by Crippen LogP contribution is -2.18. The summed E-state index contributed by atoms with van der Waals surface area (Å²) in [6, 6.07) is 2.55. The Bertz CT molecular complexity index is 269. The first-order valence-electron chi connectivity index (χ1n) is 5.37. The van der Waals surface area contributed by atoms with Crippen LogP contribution >= 0.6 is 0 Å². The van der Waals surface area contributed by atoms with E-state index in [0.717, 1.165) is 30.8 Å². The van der Waals surface area contributed by atoms with Gasteiger partial charge in [0.1, 0.15) is 12.1 Å². The van der Waals surface area contributed by atoms with Crippen LogP contribution in [0.2, 0.25) is 0 Å². The average Bonchev–Trinajstić information content (AvgIpc) is 2.26. The second kappa shape index (κ2) is 5.58. The zero-order valence-electron chi connectivity index (χ0n) is 9.25. The maximum absolute atomic E-state index is 4.20. The number of rotatable bonds is 5. The van der Waals surface area contributed by atoms with Crippen molar-refractivity contribution in [3.05, 3.63) is 18.1 Å². The van der Waals surface area contributed by atoms with Crippen LogP contribution in [0.15, 0.2) is 12.4 Å². The van der Waals surface area contributed by atoms with Crippen LogP contribution in [0.25, 0.3) is 0 Å². The zero-order chi connectivity index (χ0) is 10.4. The molecule has 0 aliphatic rings. The van der Waals surface area contributed by atoms with E-state index in [1.807, 2.05) is 6.07 Å². The molecule has 1 rings (SSSR count). The van der Waals surface area contributed by atoms with Gasteiger partial charge in [0, 0.05) is 17.8 Å². The molecule has 0 radical (unpaired) electrons. The summed E-state index contributed by atoms with van der Waals surface area (Å²) in [6.45, 7) is 6.47. The fourth-order valence-corrected chi connectivity index (χ4v) is 1.37. The number of nitrogens with one attached hydrogen (secondary N) is 1. The Labute approximate surface area is 86.0 Å². The van der Waals surface area contributed by atoms with E-state index in [-0.39, 0.29) is 0 Å². The van der Waals surface area contributed by atoms with Crippen molar-refractivity contribution in [1.82, 2.24) is 9.97 Å². The molecule has 0 atom stereocenters. The van der Waals surface area contributed by atoms with E-state index < -0.39 is 0 Å². The summed E-state index contributed by atoms with van der Waals surface area (Å²) in [7, 11) is 0. The molecule has 0 spiro atoms. The van der Waals surface area contributed by atoms with Crippen LogP contribution in [0, 0.1) is 0 Å². The summed E-state index contributed by atoms with van der Waals surface area (Å²) in [6.07, 6.45) is 4.84. The summed E-state index contributed by atoms with van der Waals surface area (Å²) in [4.78, 5) is 8.37. The first kappa shape index (κ1) is 11.0. The molecule has 1 heterocycles. The third-order valence-electron chi connectivity index (χ3n) is 2.42. The third-order valence-corrected chi connectivity index (χ3v) is 2.42. The summed E-state index contributed by atoms with van der Waals surface area (Å²) in [5.41, 5.74) is 1.09. The average molecular weight is 193 g/mol. The van der Waals surface area contributed by atoms with Crippen LogP contribution in [0.4, 0.5) is 5.82 Å². The van der Waals surface area contributed by atoms with Gasteiger partial charge in [-0.2, -0.15) is 0 Å². The largest absolute Gasteiger partial charge is 0.367 e. The monoisotopic (exact) mass is 193 g/mol. The van der Waals surface area contributed by atoms with Crippen molar-refractivity contribution in [2.24, 2.45) is 0 Å². The number of aromatic nitrogens is 2. The maximum Gasteiger partial charge on any atom is 0.129 e. The van der Waals surface area contributed by atoms with Crippen molar-refractivity contribution in [2.45, 2.75) is 46.1 Å². The van der Waals surface area contributed by atoms with Gasteiger partial charge in [-0.1, -0.05) is 20.8 Å². The zero-order valence-corrected chi connectivity index (χ0v) is 9.25. The van der Waals surface area contributed by atoms with Gasteiger partial charge < -0.3 is 5.32 Å². The van der Waals surface area contributed by atoms with E-state index in [1.165, 1.54) is 0 Å². The highest BCUT2D eigenvalue weighted by Gasteiger charge is 2.03. The molecule has 3 nitrogen and oxygen atoms in total. The Balaban J connectivity index is 2.65. The minimum Gasteiger partial charge on any atom is -0.367 e. The molecule has 1 N–H and O–H groups in total. The molecule has 14 heavy (non-hydrogen) atoms. The molecular formula is C11H19N3. The highest BCUT2D eigenvalue weighted by molar-refractivity contribution is 5.35. The topological polar surface area (TPSA) is 37.8 Å². The molecule has 0 unspecified atom stereocenters. The van der Waals surface area contributed by atoms with E-state index in [0.29, 0.717) is 6.04 Å². The molecule has 1 aromatic heterocycles. The number of anilines is 1. The van der Waals surface area contributed by atoms with Crippen LogP contribution in [0.5, 0.6) is 0 Å². The van der Waals surface area contributed by atoms with Crippen molar-refractivity contribution >= 4 is 5.82 Å². The molecule has 1 aromatic rings. The Morgan fingerprint density at radius 2 is 1.93 bits per heavy atom. The Hall–Kier alpha value is -1.12.